The third kappa shape index (κ3) is 3.00. The molecule has 0 aliphatic carbocycles. The summed E-state index contributed by atoms with van der Waals surface area (Å²) in [6.07, 6.45) is 1.22. The van der Waals surface area contributed by atoms with Gasteiger partial charge in [0.2, 0.25) is 5.91 Å². The number of rotatable bonds is 3. The number of carbonyl (C=O) groups excluding carboxylic acids is 1. The van der Waals surface area contributed by atoms with Crippen molar-refractivity contribution < 1.29 is 4.79 Å². The Bertz CT molecular complexity index is 533. The molecule has 0 spiro atoms. The van der Waals surface area contributed by atoms with E-state index in [-0.39, 0.29) is 18.0 Å². The van der Waals surface area contributed by atoms with Crippen molar-refractivity contribution in [1.29, 1.82) is 5.26 Å². The van der Waals surface area contributed by atoms with Gasteiger partial charge in [0, 0.05) is 19.0 Å². The summed E-state index contributed by atoms with van der Waals surface area (Å²) in [5.41, 5.74) is 7.83. The Labute approximate surface area is 120 Å². The average Bonchev–Trinajstić information content (AvgIpc) is 2.42. The van der Waals surface area contributed by atoms with E-state index >= 15 is 0 Å². The van der Waals surface area contributed by atoms with Crippen LogP contribution in [0, 0.1) is 17.2 Å². The summed E-state index contributed by atoms with van der Waals surface area (Å²) in [5, 5.41) is 9.03. The second-order valence-electron chi connectivity index (χ2n) is 5.82. The van der Waals surface area contributed by atoms with Crippen LogP contribution in [0.25, 0.3) is 0 Å². The summed E-state index contributed by atoms with van der Waals surface area (Å²) >= 11 is 0. The zero-order valence-corrected chi connectivity index (χ0v) is 12.0. The fourth-order valence-corrected chi connectivity index (χ4v) is 2.81. The number of carbonyl (C=O) groups is 1. The van der Waals surface area contributed by atoms with Crippen LogP contribution < -0.4 is 5.73 Å². The molecule has 1 saturated heterocycles. The van der Waals surface area contributed by atoms with Crippen molar-refractivity contribution in [1.82, 2.24) is 4.90 Å². The lowest BCUT2D eigenvalue weighted by Gasteiger charge is -2.41. The minimum absolute atomic E-state index is 0.0691. The Kier molecular flexibility index (Phi) is 4.41. The lowest BCUT2D eigenvalue weighted by atomic mass is 9.89. The molecule has 1 aromatic carbocycles. The van der Waals surface area contributed by atoms with Gasteiger partial charge in [-0.2, -0.15) is 5.26 Å². The molecule has 1 aliphatic heterocycles. The van der Waals surface area contributed by atoms with E-state index in [1.807, 2.05) is 23.1 Å². The van der Waals surface area contributed by atoms with E-state index in [2.05, 4.69) is 19.9 Å². The van der Waals surface area contributed by atoms with E-state index in [1.54, 1.807) is 6.07 Å². The summed E-state index contributed by atoms with van der Waals surface area (Å²) in [6.45, 7) is 4.89. The van der Waals surface area contributed by atoms with Gasteiger partial charge in [0.05, 0.1) is 17.7 Å². The molecule has 0 bridgehead atoms. The van der Waals surface area contributed by atoms with Crippen LogP contribution in [0.1, 0.15) is 43.9 Å². The summed E-state index contributed by atoms with van der Waals surface area (Å²) in [7, 11) is 0. The van der Waals surface area contributed by atoms with Crippen molar-refractivity contribution >= 4 is 5.91 Å². The molecular weight excluding hydrogens is 250 g/mol. The van der Waals surface area contributed by atoms with E-state index in [0.717, 1.165) is 5.56 Å². The van der Waals surface area contributed by atoms with Gasteiger partial charge in [-0.25, -0.2) is 0 Å². The van der Waals surface area contributed by atoms with Gasteiger partial charge >= 0.3 is 0 Å². The molecule has 20 heavy (non-hydrogen) atoms. The summed E-state index contributed by atoms with van der Waals surface area (Å²) in [5.74, 6) is 0.554. The largest absolute Gasteiger partial charge is 0.334 e. The van der Waals surface area contributed by atoms with E-state index in [4.69, 9.17) is 11.0 Å². The van der Waals surface area contributed by atoms with Crippen molar-refractivity contribution in [2.24, 2.45) is 11.7 Å². The number of benzene rings is 1. The number of likely N-dealkylation sites (tertiary alicyclic amines) is 1. The zero-order valence-electron chi connectivity index (χ0n) is 12.0. The SMILES string of the molecule is CC(C)CN1C(=O)CCC(N)C1c1cccc(C#N)c1. The highest BCUT2D eigenvalue weighted by Gasteiger charge is 2.35. The number of piperidine rings is 1. The summed E-state index contributed by atoms with van der Waals surface area (Å²) < 4.78 is 0. The first kappa shape index (κ1) is 14.5. The molecule has 1 aliphatic rings. The predicted octanol–water partition coefficient (Wildman–Crippen LogP) is 2.21. The topological polar surface area (TPSA) is 70.1 Å². The minimum atomic E-state index is -0.119. The van der Waals surface area contributed by atoms with Crippen LogP contribution in [-0.4, -0.2) is 23.4 Å². The molecule has 2 N–H and O–H groups in total. The molecule has 1 heterocycles. The number of hydrogen-bond donors (Lipinski definition) is 1. The molecule has 0 saturated carbocycles. The molecule has 0 aromatic heterocycles. The highest BCUT2D eigenvalue weighted by atomic mass is 16.2. The summed E-state index contributed by atoms with van der Waals surface area (Å²) in [4.78, 5) is 14.1. The smallest absolute Gasteiger partial charge is 0.223 e. The maximum Gasteiger partial charge on any atom is 0.223 e. The van der Waals surface area contributed by atoms with Crippen molar-refractivity contribution in [3.63, 3.8) is 0 Å². The fraction of sp³-hybridized carbons (Fsp3) is 0.500. The van der Waals surface area contributed by atoms with Gasteiger partial charge in [0.15, 0.2) is 0 Å². The minimum Gasteiger partial charge on any atom is -0.334 e. The highest BCUT2D eigenvalue weighted by Crippen LogP contribution is 2.31. The molecular formula is C16H21N3O. The van der Waals surface area contributed by atoms with Gasteiger partial charge in [-0.3, -0.25) is 4.79 Å². The third-order valence-corrected chi connectivity index (χ3v) is 3.67. The number of nitriles is 1. The van der Waals surface area contributed by atoms with Crippen molar-refractivity contribution in [2.45, 2.75) is 38.8 Å². The van der Waals surface area contributed by atoms with Gasteiger partial charge in [-0.1, -0.05) is 26.0 Å². The van der Waals surface area contributed by atoms with Crippen LogP contribution >= 0.6 is 0 Å². The second-order valence-corrected chi connectivity index (χ2v) is 5.82. The van der Waals surface area contributed by atoms with Gasteiger partial charge < -0.3 is 10.6 Å². The van der Waals surface area contributed by atoms with Crippen LogP contribution in [0.2, 0.25) is 0 Å². The molecule has 1 amide bonds. The Hall–Kier alpha value is -1.86. The molecule has 106 valence electrons. The van der Waals surface area contributed by atoms with Crippen molar-refractivity contribution in [3.8, 4) is 6.07 Å². The van der Waals surface area contributed by atoms with Crippen LogP contribution in [0.3, 0.4) is 0 Å². The van der Waals surface area contributed by atoms with Crippen molar-refractivity contribution in [2.75, 3.05) is 6.54 Å². The van der Waals surface area contributed by atoms with Crippen LogP contribution in [0.5, 0.6) is 0 Å². The highest BCUT2D eigenvalue weighted by molar-refractivity contribution is 5.78. The first-order chi connectivity index (χ1) is 9.52. The maximum atomic E-state index is 12.2. The van der Waals surface area contributed by atoms with E-state index in [1.165, 1.54) is 0 Å². The Morgan fingerprint density at radius 3 is 2.90 bits per heavy atom. The van der Waals surface area contributed by atoms with Crippen molar-refractivity contribution in [3.05, 3.63) is 35.4 Å². The molecule has 0 radical (unpaired) electrons. The Morgan fingerprint density at radius 2 is 2.25 bits per heavy atom. The fourth-order valence-electron chi connectivity index (χ4n) is 2.81. The van der Waals surface area contributed by atoms with Crippen LogP contribution in [-0.2, 0) is 4.79 Å². The zero-order chi connectivity index (χ0) is 14.7. The standard InChI is InChI=1S/C16H21N3O/c1-11(2)10-19-15(20)7-6-14(18)16(19)13-5-3-4-12(8-13)9-17/h3-5,8,11,14,16H,6-7,10,18H2,1-2H3. The van der Waals surface area contributed by atoms with Gasteiger partial charge in [0.1, 0.15) is 0 Å². The summed E-state index contributed by atoms with van der Waals surface area (Å²) in [6, 6.07) is 9.38. The third-order valence-electron chi connectivity index (χ3n) is 3.67. The number of hydrogen-bond acceptors (Lipinski definition) is 3. The maximum absolute atomic E-state index is 12.2. The van der Waals surface area contributed by atoms with Gasteiger partial charge in [-0.15, -0.1) is 0 Å². The number of amides is 1. The first-order valence-electron chi connectivity index (χ1n) is 7.08. The lowest BCUT2D eigenvalue weighted by molar-refractivity contribution is -0.138. The average molecular weight is 271 g/mol. The van der Waals surface area contributed by atoms with Crippen LogP contribution in [0.15, 0.2) is 24.3 Å². The first-order valence-corrected chi connectivity index (χ1v) is 7.08. The molecule has 4 nitrogen and oxygen atoms in total. The lowest BCUT2D eigenvalue weighted by Crippen LogP contribution is -2.50. The Balaban J connectivity index is 2.36. The van der Waals surface area contributed by atoms with Gasteiger partial charge in [0.25, 0.3) is 0 Å². The predicted molar refractivity (Wildman–Crippen MR) is 77.7 cm³/mol. The molecule has 2 atom stereocenters. The van der Waals surface area contributed by atoms with E-state index in [9.17, 15) is 4.79 Å². The monoisotopic (exact) mass is 271 g/mol. The van der Waals surface area contributed by atoms with E-state index < -0.39 is 0 Å². The van der Waals surface area contributed by atoms with E-state index in [0.29, 0.717) is 30.9 Å². The Morgan fingerprint density at radius 1 is 1.50 bits per heavy atom. The molecule has 1 aromatic rings. The molecule has 1 fully saturated rings. The van der Waals surface area contributed by atoms with Crippen LogP contribution in [0.4, 0.5) is 0 Å². The molecule has 4 heteroatoms. The number of nitrogens with zero attached hydrogens (tertiary/aromatic N) is 2. The second kappa shape index (κ2) is 6.06. The normalized spacial score (nSPS) is 22.9. The van der Waals surface area contributed by atoms with Gasteiger partial charge in [-0.05, 0) is 30.0 Å². The molecule has 2 unspecified atom stereocenters. The number of nitrogens with two attached hydrogens (primary N) is 1. The molecule has 2 rings (SSSR count). The quantitative estimate of drug-likeness (QED) is 0.916.